The monoisotopic (exact) mass is 321 g/mol. The minimum Gasteiger partial charge on any atom is -0.366 e. The summed E-state index contributed by atoms with van der Waals surface area (Å²) in [6, 6.07) is 8.82. The molecule has 1 aliphatic rings. The van der Waals surface area contributed by atoms with Crippen molar-refractivity contribution in [3.63, 3.8) is 0 Å². The highest BCUT2D eigenvalue weighted by molar-refractivity contribution is 9.10. The molecule has 1 saturated heterocycles. The van der Waals surface area contributed by atoms with Crippen LogP contribution in [0.4, 0.5) is 5.69 Å². The van der Waals surface area contributed by atoms with Crippen molar-refractivity contribution in [1.29, 1.82) is 5.26 Å². The number of anilines is 1. The van der Waals surface area contributed by atoms with Crippen molar-refractivity contribution >= 4 is 21.6 Å². The summed E-state index contributed by atoms with van der Waals surface area (Å²) in [5.41, 5.74) is 1.83. The van der Waals surface area contributed by atoms with Crippen molar-refractivity contribution in [1.82, 2.24) is 5.32 Å². The minimum atomic E-state index is 0.502. The Labute approximate surface area is 123 Å². The third-order valence-corrected chi connectivity index (χ3v) is 4.06. The van der Waals surface area contributed by atoms with Gasteiger partial charge in [-0.15, -0.1) is 0 Å². The van der Waals surface area contributed by atoms with E-state index >= 15 is 0 Å². The van der Waals surface area contributed by atoms with E-state index in [-0.39, 0.29) is 0 Å². The zero-order valence-corrected chi connectivity index (χ0v) is 12.9. The molecule has 102 valence electrons. The predicted molar refractivity (Wildman–Crippen MR) is 82.4 cm³/mol. The second-order valence-electron chi connectivity index (χ2n) is 4.97. The van der Waals surface area contributed by atoms with Crippen LogP contribution in [0.25, 0.3) is 0 Å². The molecule has 0 spiro atoms. The maximum absolute atomic E-state index is 9.35. The molecule has 1 unspecified atom stereocenters. The number of nitriles is 1. The van der Waals surface area contributed by atoms with Crippen LogP contribution in [0.2, 0.25) is 0 Å². The Bertz CT molecular complexity index is 461. The number of hydrogen-bond acceptors (Lipinski definition) is 3. The van der Waals surface area contributed by atoms with Gasteiger partial charge in [0.1, 0.15) is 6.07 Å². The van der Waals surface area contributed by atoms with Crippen LogP contribution >= 0.6 is 15.9 Å². The number of halogens is 1. The Morgan fingerprint density at radius 2 is 2.37 bits per heavy atom. The molecule has 3 nitrogen and oxygen atoms in total. The van der Waals surface area contributed by atoms with Gasteiger partial charge in [0.15, 0.2) is 0 Å². The fourth-order valence-corrected chi connectivity index (χ4v) is 3.05. The van der Waals surface area contributed by atoms with E-state index in [2.05, 4.69) is 45.2 Å². The molecular weight excluding hydrogens is 302 g/mol. The molecule has 0 aliphatic carbocycles. The van der Waals surface area contributed by atoms with E-state index in [1.54, 1.807) is 0 Å². The first-order valence-electron chi connectivity index (χ1n) is 6.93. The summed E-state index contributed by atoms with van der Waals surface area (Å²) in [4.78, 5) is 2.40. The van der Waals surface area contributed by atoms with Crippen molar-refractivity contribution in [3.8, 4) is 6.07 Å². The summed E-state index contributed by atoms with van der Waals surface area (Å²) >= 11 is 3.44. The average molecular weight is 322 g/mol. The van der Waals surface area contributed by atoms with Gasteiger partial charge in [0.05, 0.1) is 11.3 Å². The highest BCUT2D eigenvalue weighted by Gasteiger charge is 2.22. The first-order chi connectivity index (χ1) is 9.26. The van der Waals surface area contributed by atoms with Crippen molar-refractivity contribution < 1.29 is 0 Å². The molecule has 1 aromatic carbocycles. The second kappa shape index (κ2) is 6.93. The second-order valence-corrected chi connectivity index (χ2v) is 5.88. The highest BCUT2D eigenvalue weighted by atomic mass is 79.9. The Kier molecular flexibility index (Phi) is 5.24. The molecule has 0 aromatic heterocycles. The van der Waals surface area contributed by atoms with Crippen LogP contribution in [0.5, 0.6) is 0 Å². The minimum absolute atomic E-state index is 0.502. The topological polar surface area (TPSA) is 39.1 Å². The van der Waals surface area contributed by atoms with Gasteiger partial charge in [0.2, 0.25) is 0 Å². The number of benzene rings is 1. The van der Waals surface area contributed by atoms with Gasteiger partial charge in [0.25, 0.3) is 0 Å². The molecule has 4 heteroatoms. The summed E-state index contributed by atoms with van der Waals surface area (Å²) in [5, 5.41) is 12.8. The van der Waals surface area contributed by atoms with Gasteiger partial charge in [-0.25, -0.2) is 0 Å². The van der Waals surface area contributed by atoms with E-state index in [1.165, 1.54) is 12.8 Å². The van der Waals surface area contributed by atoms with Gasteiger partial charge in [-0.2, -0.15) is 5.26 Å². The summed E-state index contributed by atoms with van der Waals surface area (Å²) < 4.78 is 0.964. The molecule has 0 bridgehead atoms. The molecule has 0 saturated carbocycles. The lowest BCUT2D eigenvalue weighted by Gasteiger charge is -2.36. The van der Waals surface area contributed by atoms with Crippen LogP contribution in [0.3, 0.4) is 0 Å². The van der Waals surface area contributed by atoms with E-state index < -0.39 is 0 Å². The Morgan fingerprint density at radius 3 is 3.00 bits per heavy atom. The lowest BCUT2D eigenvalue weighted by molar-refractivity contribution is 0.430. The number of piperidine rings is 1. The Morgan fingerprint density at radius 1 is 1.53 bits per heavy atom. The third-order valence-electron chi connectivity index (χ3n) is 3.56. The fraction of sp³-hybridized carbons (Fsp3) is 0.533. The first-order valence-corrected chi connectivity index (χ1v) is 7.72. The number of nitrogens with zero attached hydrogens (tertiary/aromatic N) is 2. The molecule has 1 heterocycles. The Balaban J connectivity index is 2.30. The van der Waals surface area contributed by atoms with E-state index in [0.717, 1.165) is 41.8 Å². The van der Waals surface area contributed by atoms with Crippen LogP contribution in [0.1, 0.15) is 31.7 Å². The van der Waals surface area contributed by atoms with Crippen LogP contribution in [0.15, 0.2) is 22.7 Å². The van der Waals surface area contributed by atoms with Gasteiger partial charge < -0.3 is 10.2 Å². The fourth-order valence-electron chi connectivity index (χ4n) is 2.69. The maximum atomic E-state index is 9.35. The lowest BCUT2D eigenvalue weighted by Crippen LogP contribution is -2.46. The van der Waals surface area contributed by atoms with Crippen molar-refractivity contribution in [2.24, 2.45) is 0 Å². The van der Waals surface area contributed by atoms with E-state index in [1.807, 2.05) is 12.1 Å². The van der Waals surface area contributed by atoms with Gasteiger partial charge >= 0.3 is 0 Å². The molecular formula is C15H20BrN3. The number of hydrogen-bond donors (Lipinski definition) is 1. The Hall–Kier alpha value is -1.05. The summed E-state index contributed by atoms with van der Waals surface area (Å²) in [5.74, 6) is 0. The van der Waals surface area contributed by atoms with Crippen molar-refractivity contribution in [2.45, 2.75) is 32.2 Å². The molecule has 1 aliphatic heterocycles. The SMILES string of the molecule is CCCN(c1ccc(Br)cc1C#N)C1CCCNC1. The van der Waals surface area contributed by atoms with E-state index in [4.69, 9.17) is 0 Å². The number of rotatable bonds is 4. The summed E-state index contributed by atoms with van der Waals surface area (Å²) in [6.45, 7) is 5.32. The largest absolute Gasteiger partial charge is 0.366 e. The van der Waals surface area contributed by atoms with Crippen molar-refractivity contribution in [2.75, 3.05) is 24.5 Å². The lowest BCUT2D eigenvalue weighted by atomic mass is 10.0. The zero-order valence-electron chi connectivity index (χ0n) is 11.3. The van der Waals surface area contributed by atoms with Crippen LogP contribution in [-0.2, 0) is 0 Å². The van der Waals surface area contributed by atoms with Crippen LogP contribution < -0.4 is 10.2 Å². The molecule has 2 rings (SSSR count). The summed E-state index contributed by atoms with van der Waals surface area (Å²) in [6.07, 6.45) is 3.51. The quantitative estimate of drug-likeness (QED) is 0.924. The van der Waals surface area contributed by atoms with Crippen molar-refractivity contribution in [3.05, 3.63) is 28.2 Å². The first kappa shape index (κ1) is 14.4. The van der Waals surface area contributed by atoms with Gasteiger partial charge in [-0.1, -0.05) is 22.9 Å². The summed E-state index contributed by atoms with van der Waals surface area (Å²) in [7, 11) is 0. The van der Waals surface area contributed by atoms with E-state index in [9.17, 15) is 5.26 Å². The van der Waals surface area contributed by atoms with Crippen LogP contribution in [-0.4, -0.2) is 25.7 Å². The van der Waals surface area contributed by atoms with Gasteiger partial charge in [-0.3, -0.25) is 0 Å². The van der Waals surface area contributed by atoms with Gasteiger partial charge in [0, 0.05) is 23.6 Å². The van der Waals surface area contributed by atoms with Gasteiger partial charge in [-0.05, 0) is 44.0 Å². The van der Waals surface area contributed by atoms with Crippen LogP contribution in [0, 0.1) is 11.3 Å². The molecule has 0 radical (unpaired) electrons. The normalized spacial score (nSPS) is 18.9. The third kappa shape index (κ3) is 3.49. The standard InChI is InChI=1S/C15H20BrN3/c1-2-8-19(14-4-3-7-18-11-14)15-6-5-13(16)9-12(15)10-17/h5-6,9,14,18H,2-4,7-8,11H2,1H3. The smallest absolute Gasteiger partial charge is 0.101 e. The molecule has 1 fully saturated rings. The average Bonchev–Trinajstić information content (AvgIpc) is 2.46. The zero-order chi connectivity index (χ0) is 13.7. The molecule has 1 N–H and O–H groups in total. The maximum Gasteiger partial charge on any atom is 0.101 e. The molecule has 0 amide bonds. The number of nitrogens with one attached hydrogen (secondary N) is 1. The highest BCUT2D eigenvalue weighted by Crippen LogP contribution is 2.27. The van der Waals surface area contributed by atoms with E-state index in [0.29, 0.717) is 6.04 Å². The molecule has 19 heavy (non-hydrogen) atoms. The molecule has 1 aromatic rings. The predicted octanol–water partition coefficient (Wildman–Crippen LogP) is 3.29. The molecule has 1 atom stereocenters.